The quantitative estimate of drug-likeness (QED) is 0.521. The van der Waals surface area contributed by atoms with E-state index < -0.39 is 0 Å². The molecule has 76 valence electrons. The van der Waals surface area contributed by atoms with Gasteiger partial charge in [0.15, 0.2) is 0 Å². The van der Waals surface area contributed by atoms with Crippen LogP contribution in [-0.4, -0.2) is 18.3 Å². The second-order valence-electron chi connectivity index (χ2n) is 2.03. The van der Waals surface area contributed by atoms with Gasteiger partial charge in [0, 0.05) is 5.75 Å². The van der Waals surface area contributed by atoms with Crippen LogP contribution in [0, 0.1) is 0 Å². The SMILES string of the molecule is CCOC(=O)CCSC(S)=C(S)S. The molecule has 0 bridgehead atoms. The lowest BCUT2D eigenvalue weighted by Gasteiger charge is -2.02. The minimum atomic E-state index is -0.184. The Morgan fingerprint density at radius 1 is 1.38 bits per heavy atom. The smallest absolute Gasteiger partial charge is 0.306 e. The maximum atomic E-state index is 10.9. The standard InChI is InChI=1S/C7H12O2S4/c1-2-9-5(8)3-4-13-7(12)6(10)11/h10-12H,2-4H2,1H3. The van der Waals surface area contributed by atoms with Crippen molar-refractivity contribution in [3.63, 3.8) is 0 Å². The molecule has 0 amide bonds. The normalized spacial score (nSPS) is 9.54. The molecule has 0 heterocycles. The van der Waals surface area contributed by atoms with Crippen LogP contribution in [0.15, 0.2) is 8.47 Å². The largest absolute Gasteiger partial charge is 0.466 e. The number of carbonyl (C=O) groups excluding carboxylic acids is 1. The van der Waals surface area contributed by atoms with Crippen molar-refractivity contribution in [1.82, 2.24) is 0 Å². The fraction of sp³-hybridized carbons (Fsp3) is 0.571. The number of thiol groups is 3. The van der Waals surface area contributed by atoms with Gasteiger partial charge in [-0.2, -0.15) is 0 Å². The van der Waals surface area contributed by atoms with Crippen LogP contribution in [-0.2, 0) is 9.53 Å². The van der Waals surface area contributed by atoms with Crippen LogP contribution in [0.3, 0.4) is 0 Å². The minimum absolute atomic E-state index is 0.184. The van der Waals surface area contributed by atoms with Crippen LogP contribution in [0.4, 0.5) is 0 Å². The highest BCUT2D eigenvalue weighted by atomic mass is 32.2. The van der Waals surface area contributed by atoms with Crippen molar-refractivity contribution in [3.8, 4) is 0 Å². The molecule has 0 atom stereocenters. The van der Waals surface area contributed by atoms with Gasteiger partial charge in [-0.05, 0) is 6.92 Å². The van der Waals surface area contributed by atoms with Crippen molar-refractivity contribution >= 4 is 55.6 Å². The molecule has 0 fully saturated rings. The molecule has 0 aromatic carbocycles. The van der Waals surface area contributed by atoms with Crippen molar-refractivity contribution in [2.45, 2.75) is 13.3 Å². The average molecular weight is 256 g/mol. The third-order valence-corrected chi connectivity index (χ3v) is 3.64. The number of thioether (sulfide) groups is 1. The first-order chi connectivity index (χ1) is 6.07. The van der Waals surface area contributed by atoms with Gasteiger partial charge in [-0.3, -0.25) is 4.79 Å². The highest BCUT2D eigenvalue weighted by Gasteiger charge is 2.02. The number of ether oxygens (including phenoxy) is 1. The molecular formula is C7H12O2S4. The van der Waals surface area contributed by atoms with Crippen LogP contribution < -0.4 is 0 Å². The van der Waals surface area contributed by atoms with Crippen LogP contribution in [0.2, 0.25) is 0 Å². The van der Waals surface area contributed by atoms with Gasteiger partial charge in [0.2, 0.25) is 0 Å². The van der Waals surface area contributed by atoms with Gasteiger partial charge in [-0.1, -0.05) is 0 Å². The van der Waals surface area contributed by atoms with E-state index in [1.807, 2.05) is 0 Å². The predicted molar refractivity (Wildman–Crippen MR) is 67.7 cm³/mol. The summed E-state index contributed by atoms with van der Waals surface area (Å²) in [6.07, 6.45) is 0.386. The molecule has 0 aromatic rings. The number of hydrogen-bond donors (Lipinski definition) is 3. The van der Waals surface area contributed by atoms with Crippen molar-refractivity contribution in [1.29, 1.82) is 0 Å². The Hall–Kier alpha value is 0.610. The fourth-order valence-electron chi connectivity index (χ4n) is 0.529. The van der Waals surface area contributed by atoms with E-state index in [0.717, 1.165) is 4.24 Å². The summed E-state index contributed by atoms with van der Waals surface area (Å²) in [6, 6.07) is 0. The van der Waals surface area contributed by atoms with Crippen molar-refractivity contribution in [3.05, 3.63) is 8.47 Å². The number of rotatable bonds is 5. The maximum absolute atomic E-state index is 10.9. The van der Waals surface area contributed by atoms with E-state index in [2.05, 4.69) is 37.9 Å². The first kappa shape index (κ1) is 13.6. The number of esters is 1. The van der Waals surface area contributed by atoms with Crippen LogP contribution >= 0.6 is 49.6 Å². The summed E-state index contributed by atoms with van der Waals surface area (Å²) >= 11 is 13.5. The monoisotopic (exact) mass is 256 g/mol. The van der Waals surface area contributed by atoms with E-state index in [0.29, 0.717) is 23.0 Å². The van der Waals surface area contributed by atoms with Gasteiger partial charge in [0.05, 0.1) is 21.5 Å². The van der Waals surface area contributed by atoms with Crippen LogP contribution in [0.5, 0.6) is 0 Å². The van der Waals surface area contributed by atoms with Crippen molar-refractivity contribution in [2.75, 3.05) is 12.4 Å². The predicted octanol–water partition coefficient (Wildman–Crippen LogP) is 2.59. The topological polar surface area (TPSA) is 26.3 Å². The molecular weight excluding hydrogens is 244 g/mol. The molecule has 0 rings (SSSR count). The average Bonchev–Trinajstić information content (AvgIpc) is 2.04. The molecule has 13 heavy (non-hydrogen) atoms. The van der Waals surface area contributed by atoms with E-state index >= 15 is 0 Å². The molecule has 0 saturated carbocycles. The van der Waals surface area contributed by atoms with Crippen molar-refractivity contribution < 1.29 is 9.53 Å². The Morgan fingerprint density at radius 2 is 2.00 bits per heavy atom. The summed E-state index contributed by atoms with van der Waals surface area (Å²) in [5.74, 6) is 0.457. The molecule has 0 radical (unpaired) electrons. The molecule has 0 aliphatic rings. The zero-order valence-corrected chi connectivity index (χ0v) is 10.7. The number of hydrogen-bond acceptors (Lipinski definition) is 6. The Kier molecular flexibility index (Phi) is 8.34. The molecule has 0 aromatic heterocycles. The van der Waals surface area contributed by atoms with Gasteiger partial charge in [0.1, 0.15) is 0 Å². The molecule has 2 nitrogen and oxygen atoms in total. The second kappa shape index (κ2) is 7.96. The second-order valence-corrected chi connectivity index (χ2v) is 5.13. The van der Waals surface area contributed by atoms with E-state index in [1.54, 1.807) is 6.92 Å². The zero-order valence-electron chi connectivity index (χ0n) is 7.19. The minimum Gasteiger partial charge on any atom is -0.466 e. The molecule has 0 aliphatic carbocycles. The summed E-state index contributed by atoms with van der Waals surface area (Å²) < 4.78 is 6.04. The summed E-state index contributed by atoms with van der Waals surface area (Å²) in [6.45, 7) is 2.21. The van der Waals surface area contributed by atoms with Gasteiger partial charge in [-0.15, -0.1) is 49.6 Å². The Morgan fingerprint density at radius 3 is 2.46 bits per heavy atom. The molecule has 0 spiro atoms. The summed E-state index contributed by atoms with van der Waals surface area (Å²) in [5.41, 5.74) is 0. The van der Waals surface area contributed by atoms with Gasteiger partial charge < -0.3 is 4.74 Å². The van der Waals surface area contributed by atoms with Crippen LogP contribution in [0.25, 0.3) is 0 Å². The summed E-state index contributed by atoms with van der Waals surface area (Å²) in [7, 11) is 0. The molecule has 0 unspecified atom stereocenters. The molecule has 0 N–H and O–H groups in total. The Bertz CT molecular complexity index is 199. The highest BCUT2D eigenvalue weighted by Crippen LogP contribution is 2.27. The number of carbonyl (C=O) groups is 1. The van der Waals surface area contributed by atoms with Crippen molar-refractivity contribution in [2.24, 2.45) is 0 Å². The first-order valence-corrected chi connectivity index (χ1v) is 6.00. The van der Waals surface area contributed by atoms with Gasteiger partial charge >= 0.3 is 5.97 Å². The molecule has 6 heteroatoms. The van der Waals surface area contributed by atoms with E-state index in [1.165, 1.54) is 11.8 Å². The zero-order chi connectivity index (χ0) is 10.3. The highest BCUT2D eigenvalue weighted by molar-refractivity contribution is 8.18. The summed E-state index contributed by atoms with van der Waals surface area (Å²) in [5, 5.41) is 0. The lowest BCUT2D eigenvalue weighted by atomic mass is 10.5. The third kappa shape index (κ3) is 7.66. The lowest BCUT2D eigenvalue weighted by Crippen LogP contribution is -2.04. The maximum Gasteiger partial charge on any atom is 0.306 e. The third-order valence-electron chi connectivity index (χ3n) is 1.04. The van der Waals surface area contributed by atoms with Gasteiger partial charge in [-0.25, -0.2) is 0 Å². The Labute approximate surface area is 99.1 Å². The van der Waals surface area contributed by atoms with Crippen LogP contribution in [0.1, 0.15) is 13.3 Å². The fourth-order valence-corrected chi connectivity index (χ4v) is 1.78. The van der Waals surface area contributed by atoms with Gasteiger partial charge in [0.25, 0.3) is 0 Å². The van der Waals surface area contributed by atoms with E-state index in [-0.39, 0.29) is 5.97 Å². The molecule has 0 saturated heterocycles. The van der Waals surface area contributed by atoms with E-state index in [4.69, 9.17) is 4.74 Å². The summed E-state index contributed by atoms with van der Waals surface area (Å²) in [4.78, 5) is 10.9. The lowest BCUT2D eigenvalue weighted by molar-refractivity contribution is -0.142. The first-order valence-electron chi connectivity index (χ1n) is 3.67. The Balaban J connectivity index is 3.57. The van der Waals surface area contributed by atoms with E-state index in [9.17, 15) is 4.79 Å². The molecule has 0 aliphatic heterocycles.